The standard InChI is InChI=1S/C29H32N4O3/c1-20(2)31-16-17-32-24(18-29(3,4)33-15-14-22-12-8-9-13-23(22)33)30-27(34)26(25(32)28(31)35)36-19-21-10-6-5-7-11-21/h5-15,20H,16-19H2,1-4H3. The number of ether oxygens (including phenoxy) is 1. The summed E-state index contributed by atoms with van der Waals surface area (Å²) in [5, 5.41) is 1.16. The van der Waals surface area contributed by atoms with Crippen LogP contribution in [-0.2, 0) is 25.1 Å². The minimum atomic E-state index is -0.501. The van der Waals surface area contributed by atoms with Gasteiger partial charge >= 0.3 is 5.56 Å². The summed E-state index contributed by atoms with van der Waals surface area (Å²) in [7, 11) is 0. The Morgan fingerprint density at radius 1 is 0.972 bits per heavy atom. The van der Waals surface area contributed by atoms with Crippen LogP contribution in [0.15, 0.2) is 71.7 Å². The summed E-state index contributed by atoms with van der Waals surface area (Å²) in [6.07, 6.45) is 2.56. The Kier molecular flexibility index (Phi) is 6.16. The first-order valence-corrected chi connectivity index (χ1v) is 12.4. The molecule has 0 unspecified atom stereocenters. The van der Waals surface area contributed by atoms with Crippen LogP contribution in [0.3, 0.4) is 0 Å². The van der Waals surface area contributed by atoms with Gasteiger partial charge in [0.2, 0.25) is 5.75 Å². The molecule has 1 amide bonds. The highest BCUT2D eigenvalue weighted by Gasteiger charge is 2.35. The third kappa shape index (κ3) is 4.30. The van der Waals surface area contributed by atoms with Gasteiger partial charge in [0.05, 0.1) is 0 Å². The van der Waals surface area contributed by atoms with Gasteiger partial charge in [-0.2, -0.15) is 4.98 Å². The van der Waals surface area contributed by atoms with E-state index in [0.29, 0.717) is 31.0 Å². The molecule has 4 aromatic rings. The minimum absolute atomic E-state index is 0.0163. The van der Waals surface area contributed by atoms with E-state index in [1.54, 1.807) is 4.90 Å². The lowest BCUT2D eigenvalue weighted by molar-refractivity contribution is 0.0633. The Bertz CT molecular complexity index is 1470. The number of para-hydroxylation sites is 1. The van der Waals surface area contributed by atoms with Gasteiger partial charge in [-0.05, 0) is 50.8 Å². The van der Waals surface area contributed by atoms with E-state index in [0.717, 1.165) is 16.5 Å². The summed E-state index contributed by atoms with van der Waals surface area (Å²) in [5.41, 5.74) is 1.46. The Balaban J connectivity index is 1.57. The predicted octanol–water partition coefficient (Wildman–Crippen LogP) is 4.62. The number of hydrogen-bond acceptors (Lipinski definition) is 4. The van der Waals surface area contributed by atoms with Crippen LogP contribution in [-0.4, -0.2) is 37.5 Å². The number of nitrogens with zero attached hydrogens (tertiary/aromatic N) is 4. The number of hydrogen-bond donors (Lipinski definition) is 0. The molecule has 0 saturated carbocycles. The van der Waals surface area contributed by atoms with Crippen molar-refractivity contribution in [3.05, 3.63) is 94.3 Å². The summed E-state index contributed by atoms with van der Waals surface area (Å²) < 4.78 is 10.1. The molecule has 0 saturated heterocycles. The molecule has 1 aliphatic heterocycles. The SMILES string of the molecule is CC(C)N1CCn2c(CC(C)(C)n3ccc4ccccc43)nc(=O)c(OCc3ccccc3)c2C1=O. The second kappa shape index (κ2) is 9.30. The maximum Gasteiger partial charge on any atom is 0.316 e. The molecule has 2 aromatic heterocycles. The van der Waals surface area contributed by atoms with Gasteiger partial charge in [0.25, 0.3) is 5.91 Å². The fourth-order valence-corrected chi connectivity index (χ4v) is 5.05. The molecule has 36 heavy (non-hydrogen) atoms. The molecule has 7 nitrogen and oxygen atoms in total. The molecule has 0 N–H and O–H groups in total. The second-order valence-corrected chi connectivity index (χ2v) is 10.3. The highest BCUT2D eigenvalue weighted by molar-refractivity contribution is 5.96. The van der Waals surface area contributed by atoms with Crippen LogP contribution in [0.4, 0.5) is 0 Å². The zero-order valence-corrected chi connectivity index (χ0v) is 21.3. The normalized spacial score (nSPS) is 13.9. The van der Waals surface area contributed by atoms with Crippen LogP contribution in [0.2, 0.25) is 0 Å². The lowest BCUT2D eigenvalue weighted by atomic mass is 9.98. The minimum Gasteiger partial charge on any atom is -0.481 e. The van der Waals surface area contributed by atoms with Crippen LogP contribution in [0.5, 0.6) is 5.75 Å². The molecular weight excluding hydrogens is 452 g/mol. The first-order chi connectivity index (χ1) is 17.3. The van der Waals surface area contributed by atoms with Crippen molar-refractivity contribution in [3.8, 4) is 5.75 Å². The summed E-state index contributed by atoms with van der Waals surface area (Å²) >= 11 is 0. The van der Waals surface area contributed by atoms with E-state index in [1.807, 2.05) is 60.9 Å². The third-order valence-corrected chi connectivity index (χ3v) is 6.94. The van der Waals surface area contributed by atoms with Gasteiger partial charge in [0.1, 0.15) is 12.4 Å². The lowest BCUT2D eigenvalue weighted by Gasteiger charge is -2.36. The van der Waals surface area contributed by atoms with Crippen LogP contribution in [0.1, 0.15) is 49.6 Å². The van der Waals surface area contributed by atoms with Crippen LogP contribution < -0.4 is 10.3 Å². The lowest BCUT2D eigenvalue weighted by Crippen LogP contribution is -2.47. The van der Waals surface area contributed by atoms with E-state index >= 15 is 0 Å². The Morgan fingerprint density at radius 3 is 2.44 bits per heavy atom. The molecule has 7 heteroatoms. The van der Waals surface area contributed by atoms with Crippen molar-refractivity contribution >= 4 is 16.8 Å². The number of aromatic nitrogens is 3. The predicted molar refractivity (Wildman–Crippen MR) is 140 cm³/mol. The number of fused-ring (bicyclic) bond motifs is 2. The van der Waals surface area contributed by atoms with Crippen molar-refractivity contribution in [2.45, 2.75) is 58.8 Å². The highest BCUT2D eigenvalue weighted by Crippen LogP contribution is 2.29. The zero-order valence-electron chi connectivity index (χ0n) is 21.3. The maximum atomic E-state index is 13.6. The highest BCUT2D eigenvalue weighted by atomic mass is 16.5. The molecule has 0 radical (unpaired) electrons. The fraction of sp³-hybridized carbons (Fsp3) is 0.345. The summed E-state index contributed by atoms with van der Waals surface area (Å²) in [6.45, 7) is 9.54. The number of carbonyl (C=O) groups is 1. The largest absolute Gasteiger partial charge is 0.481 e. The molecule has 3 heterocycles. The first-order valence-electron chi connectivity index (χ1n) is 12.4. The van der Waals surface area contributed by atoms with Gasteiger partial charge < -0.3 is 18.8 Å². The van der Waals surface area contributed by atoms with Crippen LogP contribution in [0, 0.1) is 0 Å². The third-order valence-electron chi connectivity index (χ3n) is 6.94. The Morgan fingerprint density at radius 2 is 1.69 bits per heavy atom. The molecule has 2 aromatic carbocycles. The van der Waals surface area contributed by atoms with Crippen molar-refractivity contribution in [3.63, 3.8) is 0 Å². The van der Waals surface area contributed by atoms with E-state index < -0.39 is 5.56 Å². The molecule has 0 aliphatic carbocycles. The molecule has 186 valence electrons. The fourth-order valence-electron chi connectivity index (χ4n) is 5.05. The molecular formula is C29H32N4O3. The van der Waals surface area contributed by atoms with Crippen LogP contribution >= 0.6 is 0 Å². The molecule has 0 bridgehead atoms. The number of rotatable bonds is 7. The van der Waals surface area contributed by atoms with Gasteiger partial charge in [-0.25, -0.2) is 0 Å². The quantitative estimate of drug-likeness (QED) is 0.384. The number of carbonyl (C=O) groups excluding carboxylic acids is 1. The van der Waals surface area contributed by atoms with Crippen molar-refractivity contribution in [2.75, 3.05) is 6.54 Å². The Labute approximate surface area is 211 Å². The van der Waals surface area contributed by atoms with E-state index in [-0.39, 0.29) is 29.8 Å². The number of benzene rings is 2. The van der Waals surface area contributed by atoms with E-state index in [2.05, 4.69) is 47.8 Å². The maximum absolute atomic E-state index is 13.6. The van der Waals surface area contributed by atoms with E-state index in [4.69, 9.17) is 4.74 Å². The summed E-state index contributed by atoms with van der Waals surface area (Å²) in [5.74, 6) is 0.438. The molecule has 0 atom stereocenters. The average Bonchev–Trinajstić information content (AvgIpc) is 3.30. The monoisotopic (exact) mass is 484 g/mol. The van der Waals surface area contributed by atoms with Gasteiger partial charge in [0.15, 0.2) is 5.69 Å². The van der Waals surface area contributed by atoms with Gasteiger partial charge in [-0.15, -0.1) is 0 Å². The van der Waals surface area contributed by atoms with Crippen molar-refractivity contribution in [1.82, 2.24) is 19.0 Å². The number of amides is 1. The Hall–Kier alpha value is -3.87. The van der Waals surface area contributed by atoms with Gasteiger partial charge in [0, 0.05) is 42.8 Å². The average molecular weight is 485 g/mol. The molecule has 5 rings (SSSR count). The van der Waals surface area contributed by atoms with Crippen molar-refractivity contribution in [2.24, 2.45) is 0 Å². The topological polar surface area (TPSA) is 69.4 Å². The summed E-state index contributed by atoms with van der Waals surface area (Å²) in [6, 6.07) is 20.0. The second-order valence-electron chi connectivity index (χ2n) is 10.3. The van der Waals surface area contributed by atoms with Gasteiger partial charge in [-0.1, -0.05) is 48.5 Å². The van der Waals surface area contributed by atoms with E-state index in [9.17, 15) is 9.59 Å². The smallest absolute Gasteiger partial charge is 0.316 e. The molecule has 0 fully saturated rings. The van der Waals surface area contributed by atoms with Crippen molar-refractivity contribution in [1.29, 1.82) is 0 Å². The molecule has 1 aliphatic rings. The summed E-state index contributed by atoms with van der Waals surface area (Å²) in [4.78, 5) is 33.2. The van der Waals surface area contributed by atoms with Gasteiger partial charge in [-0.3, -0.25) is 9.59 Å². The van der Waals surface area contributed by atoms with Crippen molar-refractivity contribution < 1.29 is 9.53 Å². The first kappa shape index (κ1) is 23.9. The van der Waals surface area contributed by atoms with Crippen LogP contribution in [0.25, 0.3) is 10.9 Å². The van der Waals surface area contributed by atoms with E-state index in [1.165, 1.54) is 0 Å². The zero-order chi connectivity index (χ0) is 25.4. The molecule has 0 spiro atoms.